The van der Waals surface area contributed by atoms with Crippen LogP contribution < -0.4 is 10.6 Å². The molecule has 0 aromatic heterocycles. The van der Waals surface area contributed by atoms with Crippen molar-refractivity contribution < 1.29 is 19.4 Å². The smallest absolute Gasteiger partial charge is 0.329 e. The molecule has 0 rings (SSSR count). The molecule has 0 bridgehead atoms. The SMILES string of the molecule is CCCCC(CCC)NC(=O)NCCOCC(=O)O. The van der Waals surface area contributed by atoms with Gasteiger partial charge in [0.15, 0.2) is 0 Å². The molecule has 1 unspecified atom stereocenters. The van der Waals surface area contributed by atoms with E-state index in [0.29, 0.717) is 6.54 Å². The van der Waals surface area contributed by atoms with Crippen LogP contribution in [0.25, 0.3) is 0 Å². The fourth-order valence-corrected chi connectivity index (χ4v) is 1.72. The van der Waals surface area contributed by atoms with Crippen LogP contribution in [0.1, 0.15) is 46.0 Å². The average molecular weight is 274 g/mol. The summed E-state index contributed by atoms with van der Waals surface area (Å²) < 4.78 is 4.82. The van der Waals surface area contributed by atoms with Crippen molar-refractivity contribution >= 4 is 12.0 Å². The molecular weight excluding hydrogens is 248 g/mol. The van der Waals surface area contributed by atoms with Gasteiger partial charge in [0.1, 0.15) is 6.61 Å². The summed E-state index contributed by atoms with van der Waals surface area (Å²) >= 11 is 0. The largest absolute Gasteiger partial charge is 0.480 e. The maximum absolute atomic E-state index is 11.6. The van der Waals surface area contributed by atoms with E-state index in [1.54, 1.807) is 0 Å². The monoisotopic (exact) mass is 274 g/mol. The Morgan fingerprint density at radius 3 is 2.53 bits per heavy atom. The summed E-state index contributed by atoms with van der Waals surface area (Å²) in [5.74, 6) is -1.01. The van der Waals surface area contributed by atoms with E-state index >= 15 is 0 Å². The van der Waals surface area contributed by atoms with Gasteiger partial charge in [-0.1, -0.05) is 33.1 Å². The number of amides is 2. The fraction of sp³-hybridized carbons (Fsp3) is 0.846. The maximum Gasteiger partial charge on any atom is 0.329 e. The van der Waals surface area contributed by atoms with Crippen molar-refractivity contribution in [2.24, 2.45) is 0 Å². The number of unbranched alkanes of at least 4 members (excludes halogenated alkanes) is 1. The summed E-state index contributed by atoms with van der Waals surface area (Å²) in [5, 5.41) is 13.9. The van der Waals surface area contributed by atoms with Gasteiger partial charge >= 0.3 is 12.0 Å². The van der Waals surface area contributed by atoms with Gasteiger partial charge in [0.05, 0.1) is 6.61 Å². The first-order valence-corrected chi connectivity index (χ1v) is 6.94. The van der Waals surface area contributed by atoms with Crippen LogP contribution in [0.3, 0.4) is 0 Å². The minimum Gasteiger partial charge on any atom is -0.480 e. The molecule has 112 valence electrons. The summed E-state index contributed by atoms with van der Waals surface area (Å²) in [5.41, 5.74) is 0. The summed E-state index contributed by atoms with van der Waals surface area (Å²) in [6, 6.07) is -0.00151. The second-order valence-electron chi connectivity index (χ2n) is 4.47. The molecular formula is C13H26N2O4. The zero-order chi connectivity index (χ0) is 14.5. The Morgan fingerprint density at radius 2 is 1.95 bits per heavy atom. The summed E-state index contributed by atoms with van der Waals surface area (Å²) in [6.07, 6.45) is 5.23. The quantitative estimate of drug-likeness (QED) is 0.501. The average Bonchev–Trinajstić information content (AvgIpc) is 2.35. The molecule has 1 atom stereocenters. The Balaban J connectivity index is 3.70. The second-order valence-corrected chi connectivity index (χ2v) is 4.47. The molecule has 0 aliphatic carbocycles. The number of aliphatic carboxylic acids is 1. The second kappa shape index (κ2) is 11.8. The number of nitrogens with one attached hydrogen (secondary N) is 2. The number of carbonyl (C=O) groups is 2. The highest BCUT2D eigenvalue weighted by Gasteiger charge is 2.10. The standard InChI is InChI=1S/C13H26N2O4/c1-3-5-7-11(6-4-2)15-13(18)14-8-9-19-10-12(16)17/h11H,3-10H2,1-2H3,(H,16,17)(H2,14,15,18). The van der Waals surface area contributed by atoms with Crippen LogP contribution in [0.2, 0.25) is 0 Å². The zero-order valence-electron chi connectivity index (χ0n) is 11.9. The molecule has 2 amide bonds. The number of carboxylic acid groups (broad SMARTS) is 1. The Hall–Kier alpha value is -1.30. The molecule has 6 heteroatoms. The Bertz CT molecular complexity index is 259. The molecule has 19 heavy (non-hydrogen) atoms. The first-order valence-electron chi connectivity index (χ1n) is 6.94. The number of ether oxygens (including phenoxy) is 1. The van der Waals surface area contributed by atoms with Crippen molar-refractivity contribution in [3.05, 3.63) is 0 Å². The Morgan fingerprint density at radius 1 is 1.21 bits per heavy atom. The normalized spacial score (nSPS) is 11.9. The number of urea groups is 1. The highest BCUT2D eigenvalue weighted by Crippen LogP contribution is 2.06. The number of hydrogen-bond acceptors (Lipinski definition) is 3. The predicted molar refractivity (Wildman–Crippen MR) is 73.2 cm³/mol. The predicted octanol–water partition coefficient (Wildman–Crippen LogP) is 1.75. The lowest BCUT2D eigenvalue weighted by molar-refractivity contribution is -0.142. The van der Waals surface area contributed by atoms with Crippen molar-refractivity contribution in [2.75, 3.05) is 19.8 Å². The van der Waals surface area contributed by atoms with E-state index in [2.05, 4.69) is 24.5 Å². The van der Waals surface area contributed by atoms with Gasteiger partial charge < -0.3 is 20.5 Å². The van der Waals surface area contributed by atoms with Crippen molar-refractivity contribution in [3.63, 3.8) is 0 Å². The van der Waals surface area contributed by atoms with Gasteiger partial charge in [-0.2, -0.15) is 0 Å². The lowest BCUT2D eigenvalue weighted by atomic mass is 10.1. The van der Waals surface area contributed by atoms with E-state index in [9.17, 15) is 9.59 Å². The molecule has 0 heterocycles. The van der Waals surface area contributed by atoms with E-state index in [1.807, 2.05) is 0 Å². The van der Waals surface area contributed by atoms with Gasteiger partial charge in [-0.15, -0.1) is 0 Å². The number of carboxylic acids is 1. The molecule has 6 nitrogen and oxygen atoms in total. The van der Waals surface area contributed by atoms with Crippen molar-refractivity contribution in [2.45, 2.75) is 52.0 Å². The molecule has 0 aromatic rings. The van der Waals surface area contributed by atoms with Gasteiger partial charge in [0, 0.05) is 12.6 Å². The molecule has 0 aliphatic heterocycles. The van der Waals surface area contributed by atoms with E-state index < -0.39 is 5.97 Å². The zero-order valence-corrected chi connectivity index (χ0v) is 11.9. The highest BCUT2D eigenvalue weighted by molar-refractivity contribution is 5.74. The third-order valence-corrected chi connectivity index (χ3v) is 2.64. The van der Waals surface area contributed by atoms with Crippen LogP contribution in [-0.4, -0.2) is 42.9 Å². The number of rotatable bonds is 11. The molecule has 0 spiro atoms. The fourth-order valence-electron chi connectivity index (χ4n) is 1.72. The minimum atomic E-state index is -1.01. The van der Waals surface area contributed by atoms with Crippen LogP contribution in [0.15, 0.2) is 0 Å². The van der Waals surface area contributed by atoms with Crippen LogP contribution in [0.5, 0.6) is 0 Å². The van der Waals surface area contributed by atoms with E-state index in [0.717, 1.165) is 32.1 Å². The molecule has 0 radical (unpaired) electrons. The van der Waals surface area contributed by atoms with Gasteiger partial charge in [0.2, 0.25) is 0 Å². The number of hydrogen-bond donors (Lipinski definition) is 3. The molecule has 0 aromatic carbocycles. The third-order valence-electron chi connectivity index (χ3n) is 2.64. The molecule has 3 N–H and O–H groups in total. The van der Waals surface area contributed by atoms with Crippen molar-refractivity contribution in [1.82, 2.24) is 10.6 Å². The van der Waals surface area contributed by atoms with E-state index in [4.69, 9.17) is 9.84 Å². The number of carbonyl (C=O) groups excluding carboxylic acids is 1. The molecule has 0 saturated heterocycles. The maximum atomic E-state index is 11.6. The van der Waals surface area contributed by atoms with Gasteiger partial charge in [0.25, 0.3) is 0 Å². The molecule has 0 fully saturated rings. The van der Waals surface area contributed by atoms with Gasteiger partial charge in [-0.05, 0) is 12.8 Å². The van der Waals surface area contributed by atoms with Crippen LogP contribution in [0.4, 0.5) is 4.79 Å². The summed E-state index contributed by atoms with van der Waals surface area (Å²) in [4.78, 5) is 21.8. The lowest BCUT2D eigenvalue weighted by Gasteiger charge is -2.18. The first kappa shape index (κ1) is 17.7. The van der Waals surface area contributed by atoms with Gasteiger partial charge in [-0.3, -0.25) is 0 Å². The Labute approximate surface area is 114 Å². The van der Waals surface area contributed by atoms with E-state index in [1.165, 1.54) is 0 Å². The lowest BCUT2D eigenvalue weighted by Crippen LogP contribution is -2.43. The Kier molecular flexibility index (Phi) is 11.0. The van der Waals surface area contributed by atoms with Crippen LogP contribution in [0, 0.1) is 0 Å². The summed E-state index contributed by atoms with van der Waals surface area (Å²) in [6.45, 7) is 4.40. The summed E-state index contributed by atoms with van der Waals surface area (Å²) in [7, 11) is 0. The minimum absolute atomic E-state index is 0.202. The van der Waals surface area contributed by atoms with E-state index in [-0.39, 0.29) is 25.3 Å². The van der Waals surface area contributed by atoms with Crippen LogP contribution in [-0.2, 0) is 9.53 Å². The molecule has 0 aliphatic rings. The van der Waals surface area contributed by atoms with Gasteiger partial charge in [-0.25, -0.2) is 9.59 Å². The topological polar surface area (TPSA) is 87.7 Å². The van der Waals surface area contributed by atoms with Crippen molar-refractivity contribution in [3.8, 4) is 0 Å². The van der Waals surface area contributed by atoms with Crippen LogP contribution >= 0.6 is 0 Å². The van der Waals surface area contributed by atoms with Crippen molar-refractivity contribution in [1.29, 1.82) is 0 Å². The highest BCUT2D eigenvalue weighted by atomic mass is 16.5. The molecule has 0 saturated carbocycles. The third kappa shape index (κ3) is 11.5. The first-order chi connectivity index (χ1) is 9.10.